The van der Waals surface area contributed by atoms with Gasteiger partial charge in [-0.2, -0.15) is 0 Å². The highest BCUT2D eigenvalue weighted by Crippen LogP contribution is 2.18. The second kappa shape index (κ2) is 5.91. The zero-order chi connectivity index (χ0) is 14.8. The van der Waals surface area contributed by atoms with Crippen LogP contribution in [0.25, 0.3) is 11.0 Å². The lowest BCUT2D eigenvalue weighted by atomic mass is 10.3. The molecule has 0 bridgehead atoms. The quantitative estimate of drug-likeness (QED) is 0.895. The van der Waals surface area contributed by atoms with Crippen LogP contribution >= 0.6 is 0 Å². The molecule has 1 aliphatic rings. The molecule has 0 amide bonds. The van der Waals surface area contributed by atoms with Crippen LogP contribution in [0.3, 0.4) is 0 Å². The molecule has 0 atom stereocenters. The number of aromatic nitrogens is 2. The zero-order valence-corrected chi connectivity index (χ0v) is 12.6. The maximum absolute atomic E-state index is 12.1. The second-order valence-electron chi connectivity index (χ2n) is 5.61. The highest BCUT2D eigenvalue weighted by Gasteiger charge is 2.14. The molecule has 0 saturated carbocycles. The minimum absolute atomic E-state index is 0.0487. The minimum atomic E-state index is -0.0487. The lowest BCUT2D eigenvalue weighted by molar-refractivity contribution is 0.150. The molecule has 1 saturated heterocycles. The van der Waals surface area contributed by atoms with Gasteiger partial charge in [0.05, 0.1) is 18.1 Å². The number of imidazole rings is 1. The zero-order valence-electron chi connectivity index (χ0n) is 12.6. The van der Waals surface area contributed by atoms with Gasteiger partial charge >= 0.3 is 5.69 Å². The summed E-state index contributed by atoms with van der Waals surface area (Å²) < 4.78 is 7.05. The number of H-pyrrole nitrogens is 1. The number of benzene rings is 1. The van der Waals surface area contributed by atoms with Gasteiger partial charge in [0.15, 0.2) is 0 Å². The summed E-state index contributed by atoms with van der Waals surface area (Å²) >= 11 is 0. The van der Waals surface area contributed by atoms with Crippen molar-refractivity contribution in [3.63, 3.8) is 0 Å². The fourth-order valence-corrected chi connectivity index (χ4v) is 2.79. The van der Waals surface area contributed by atoms with Crippen molar-refractivity contribution in [3.05, 3.63) is 28.7 Å². The fraction of sp³-hybridized carbons (Fsp3) is 0.533. The Hall–Kier alpha value is -1.79. The van der Waals surface area contributed by atoms with Crippen molar-refractivity contribution in [2.24, 2.45) is 0 Å². The maximum atomic E-state index is 12.1. The monoisotopic (exact) mass is 290 g/mol. The van der Waals surface area contributed by atoms with Crippen LogP contribution in [0.4, 0.5) is 0 Å². The number of hydrogen-bond donors (Lipinski definition) is 1. The van der Waals surface area contributed by atoms with Crippen molar-refractivity contribution in [2.45, 2.75) is 6.54 Å². The predicted octanol–water partition coefficient (Wildman–Crippen LogP) is 0.586. The molecule has 1 fully saturated rings. The average Bonchev–Trinajstić information content (AvgIpc) is 2.81. The van der Waals surface area contributed by atoms with Crippen LogP contribution in [-0.4, -0.2) is 66.2 Å². The second-order valence-corrected chi connectivity index (χ2v) is 5.61. The normalized spacial score (nSPS) is 17.4. The maximum Gasteiger partial charge on any atom is 0.326 e. The molecule has 6 nitrogen and oxygen atoms in total. The van der Waals surface area contributed by atoms with E-state index in [9.17, 15) is 4.79 Å². The molecule has 2 aromatic rings. The Morgan fingerprint density at radius 3 is 2.67 bits per heavy atom. The number of nitrogens with zero attached hydrogens (tertiary/aromatic N) is 3. The summed E-state index contributed by atoms with van der Waals surface area (Å²) in [5.74, 6) is 0.773. The summed E-state index contributed by atoms with van der Waals surface area (Å²) in [6, 6.07) is 5.67. The van der Waals surface area contributed by atoms with Gasteiger partial charge in [-0.15, -0.1) is 0 Å². The van der Waals surface area contributed by atoms with E-state index >= 15 is 0 Å². The lowest BCUT2D eigenvalue weighted by Gasteiger charge is -2.32. The predicted molar refractivity (Wildman–Crippen MR) is 83.0 cm³/mol. The van der Waals surface area contributed by atoms with E-state index in [0.29, 0.717) is 6.54 Å². The number of fused-ring (bicyclic) bond motifs is 1. The van der Waals surface area contributed by atoms with Gasteiger partial charge in [-0.05, 0) is 19.2 Å². The number of piperazine rings is 1. The molecule has 1 aromatic heterocycles. The third kappa shape index (κ3) is 2.96. The van der Waals surface area contributed by atoms with E-state index in [1.54, 1.807) is 11.7 Å². The van der Waals surface area contributed by atoms with E-state index in [2.05, 4.69) is 21.8 Å². The third-order valence-electron chi connectivity index (χ3n) is 4.22. The molecule has 3 rings (SSSR count). The standard InChI is InChI=1S/C15H22N4O2/c1-17-5-7-18(8-6-17)9-10-19-14-11-12(21-2)3-4-13(14)16-15(19)20/h3-4,11H,5-10H2,1-2H3,(H,16,20). The Balaban J connectivity index is 1.77. The van der Waals surface area contributed by atoms with Gasteiger partial charge in [0.2, 0.25) is 0 Å². The van der Waals surface area contributed by atoms with Crippen molar-refractivity contribution in [1.29, 1.82) is 0 Å². The van der Waals surface area contributed by atoms with E-state index in [1.807, 2.05) is 18.2 Å². The van der Waals surface area contributed by atoms with Gasteiger partial charge in [0.1, 0.15) is 5.75 Å². The van der Waals surface area contributed by atoms with E-state index < -0.39 is 0 Å². The average molecular weight is 290 g/mol. The number of methoxy groups -OCH3 is 1. The summed E-state index contributed by atoms with van der Waals surface area (Å²) in [7, 11) is 3.79. The Labute approximate surface area is 123 Å². The SMILES string of the molecule is COc1ccc2[nH]c(=O)n(CCN3CCN(C)CC3)c2c1. The van der Waals surface area contributed by atoms with Crippen molar-refractivity contribution in [1.82, 2.24) is 19.4 Å². The Bertz CT molecular complexity index is 668. The molecule has 2 heterocycles. The van der Waals surface area contributed by atoms with Crippen LogP contribution in [0.1, 0.15) is 0 Å². The van der Waals surface area contributed by atoms with Gasteiger partial charge in [0.25, 0.3) is 0 Å². The van der Waals surface area contributed by atoms with Crippen molar-refractivity contribution < 1.29 is 4.74 Å². The smallest absolute Gasteiger partial charge is 0.326 e. The summed E-state index contributed by atoms with van der Waals surface area (Å²) in [5.41, 5.74) is 1.72. The van der Waals surface area contributed by atoms with Crippen molar-refractivity contribution in [2.75, 3.05) is 46.9 Å². The van der Waals surface area contributed by atoms with Gasteiger partial charge in [-0.1, -0.05) is 0 Å². The van der Waals surface area contributed by atoms with Crippen LogP contribution in [0.2, 0.25) is 0 Å². The molecule has 114 valence electrons. The summed E-state index contributed by atoms with van der Waals surface area (Å²) in [6.07, 6.45) is 0. The van der Waals surface area contributed by atoms with Crippen LogP contribution in [0, 0.1) is 0 Å². The number of likely N-dealkylation sites (N-methyl/N-ethyl adjacent to an activating group) is 1. The molecule has 1 N–H and O–H groups in total. The van der Waals surface area contributed by atoms with Gasteiger partial charge in [-0.25, -0.2) is 4.79 Å². The first-order chi connectivity index (χ1) is 10.2. The number of ether oxygens (including phenoxy) is 1. The topological polar surface area (TPSA) is 53.5 Å². The third-order valence-corrected chi connectivity index (χ3v) is 4.22. The van der Waals surface area contributed by atoms with Crippen molar-refractivity contribution >= 4 is 11.0 Å². The van der Waals surface area contributed by atoms with E-state index in [-0.39, 0.29) is 5.69 Å². The number of rotatable bonds is 4. The van der Waals surface area contributed by atoms with Gasteiger partial charge in [0, 0.05) is 45.3 Å². The first-order valence-corrected chi connectivity index (χ1v) is 7.35. The number of aromatic amines is 1. The highest BCUT2D eigenvalue weighted by atomic mass is 16.5. The lowest BCUT2D eigenvalue weighted by Crippen LogP contribution is -2.45. The van der Waals surface area contributed by atoms with E-state index in [0.717, 1.165) is 49.5 Å². The molecule has 1 aliphatic heterocycles. The first kappa shape index (κ1) is 14.2. The molecule has 1 aromatic carbocycles. The van der Waals surface area contributed by atoms with E-state index in [1.165, 1.54) is 0 Å². The number of hydrogen-bond acceptors (Lipinski definition) is 4. The Morgan fingerprint density at radius 2 is 1.95 bits per heavy atom. The molecular weight excluding hydrogens is 268 g/mol. The molecule has 0 aliphatic carbocycles. The van der Waals surface area contributed by atoms with Crippen LogP contribution < -0.4 is 10.4 Å². The first-order valence-electron chi connectivity index (χ1n) is 7.35. The molecule has 0 unspecified atom stereocenters. The fourth-order valence-electron chi connectivity index (χ4n) is 2.79. The van der Waals surface area contributed by atoms with Crippen LogP contribution in [-0.2, 0) is 6.54 Å². The van der Waals surface area contributed by atoms with Gasteiger partial charge in [-0.3, -0.25) is 9.47 Å². The molecule has 21 heavy (non-hydrogen) atoms. The minimum Gasteiger partial charge on any atom is -0.497 e. The molecule has 0 radical (unpaired) electrons. The molecule has 0 spiro atoms. The summed E-state index contributed by atoms with van der Waals surface area (Å²) in [4.78, 5) is 19.7. The Morgan fingerprint density at radius 1 is 1.19 bits per heavy atom. The Kier molecular flexibility index (Phi) is 3.98. The van der Waals surface area contributed by atoms with E-state index in [4.69, 9.17) is 4.74 Å². The largest absolute Gasteiger partial charge is 0.497 e. The van der Waals surface area contributed by atoms with Crippen molar-refractivity contribution in [3.8, 4) is 5.75 Å². The highest BCUT2D eigenvalue weighted by molar-refractivity contribution is 5.76. The molecular formula is C15H22N4O2. The number of nitrogens with one attached hydrogen (secondary N) is 1. The van der Waals surface area contributed by atoms with Gasteiger partial charge < -0.3 is 14.6 Å². The molecule has 6 heteroatoms. The summed E-state index contributed by atoms with van der Waals surface area (Å²) in [6.45, 7) is 5.93. The van der Waals surface area contributed by atoms with Crippen LogP contribution in [0.15, 0.2) is 23.0 Å². The summed E-state index contributed by atoms with van der Waals surface area (Å²) in [5, 5.41) is 0. The van der Waals surface area contributed by atoms with Crippen LogP contribution in [0.5, 0.6) is 5.75 Å².